The Kier molecular flexibility index (Phi) is 4.24. The molecule has 1 aromatic carbocycles. The van der Waals surface area contributed by atoms with E-state index in [1.807, 2.05) is 0 Å². The van der Waals surface area contributed by atoms with Gasteiger partial charge in [-0.1, -0.05) is 0 Å². The van der Waals surface area contributed by atoms with Crippen LogP contribution in [0.5, 0.6) is 0 Å². The van der Waals surface area contributed by atoms with Crippen LogP contribution in [0.1, 0.15) is 29.2 Å². The van der Waals surface area contributed by atoms with Gasteiger partial charge in [0.15, 0.2) is 0 Å². The summed E-state index contributed by atoms with van der Waals surface area (Å²) < 4.78 is 74.8. The smallest absolute Gasteiger partial charge is 0.388 e. The van der Waals surface area contributed by atoms with Gasteiger partial charge in [0.25, 0.3) is 0 Å². The number of aldehydes is 1. The summed E-state index contributed by atoms with van der Waals surface area (Å²) in [4.78, 5) is 10.1. The van der Waals surface area contributed by atoms with Crippen molar-refractivity contribution in [2.45, 2.75) is 24.9 Å². The number of aliphatic hydroxyl groups is 1. The summed E-state index contributed by atoms with van der Waals surface area (Å²) in [5.74, 6) is 0. The number of benzene rings is 1. The summed E-state index contributed by atoms with van der Waals surface area (Å²) in [6.07, 6.45) is -12.0. The van der Waals surface area contributed by atoms with Crippen LogP contribution in [0.3, 0.4) is 0 Å². The Bertz CT molecular complexity index is 431. The Labute approximate surface area is 103 Å². The van der Waals surface area contributed by atoms with Crippen LogP contribution in [0.15, 0.2) is 18.2 Å². The van der Waals surface area contributed by atoms with Crippen molar-refractivity contribution in [3.8, 4) is 0 Å². The van der Waals surface area contributed by atoms with E-state index in [-0.39, 0.29) is 12.4 Å². The quantitative estimate of drug-likeness (QED) is 0.683. The lowest BCUT2D eigenvalue weighted by molar-refractivity contribution is -0.143. The van der Waals surface area contributed by atoms with E-state index in [2.05, 4.69) is 0 Å². The number of hydrogen-bond donors (Lipinski definition) is 1. The van der Waals surface area contributed by atoms with E-state index in [1.54, 1.807) is 0 Å². The van der Waals surface area contributed by atoms with E-state index < -0.39 is 41.6 Å². The van der Waals surface area contributed by atoms with Gasteiger partial charge >= 0.3 is 12.4 Å². The maximum atomic E-state index is 12.5. The Hall–Kier alpha value is -1.57. The van der Waals surface area contributed by atoms with Gasteiger partial charge < -0.3 is 9.90 Å². The highest BCUT2D eigenvalue weighted by atomic mass is 19.4. The van der Waals surface area contributed by atoms with Crippen molar-refractivity contribution in [1.82, 2.24) is 0 Å². The first-order valence-electron chi connectivity index (χ1n) is 4.97. The lowest BCUT2D eigenvalue weighted by atomic mass is 10.00. The predicted octanol–water partition coefficient (Wildman–Crippen LogP) is 3.35. The molecule has 0 radical (unpaired) electrons. The van der Waals surface area contributed by atoms with E-state index in [9.17, 15) is 36.2 Å². The summed E-state index contributed by atoms with van der Waals surface area (Å²) in [6.45, 7) is 0. The second-order valence-electron chi connectivity index (χ2n) is 3.76. The Balaban J connectivity index is 3.36. The first kappa shape index (κ1) is 15.5. The van der Waals surface area contributed by atoms with Gasteiger partial charge in [0, 0.05) is 6.42 Å². The van der Waals surface area contributed by atoms with Crippen molar-refractivity contribution < 1.29 is 36.2 Å². The third-order valence-electron chi connectivity index (χ3n) is 2.31. The van der Waals surface area contributed by atoms with Crippen molar-refractivity contribution in [1.29, 1.82) is 0 Å². The van der Waals surface area contributed by atoms with Crippen LogP contribution in [0, 0.1) is 0 Å². The zero-order valence-electron chi connectivity index (χ0n) is 9.22. The molecule has 1 N–H and O–H groups in total. The molecule has 19 heavy (non-hydrogen) atoms. The molecule has 1 aromatic rings. The van der Waals surface area contributed by atoms with Gasteiger partial charge in [0.1, 0.15) is 6.29 Å². The summed E-state index contributed by atoms with van der Waals surface area (Å²) in [5, 5.41) is 9.33. The van der Waals surface area contributed by atoms with Crippen LogP contribution in [0.25, 0.3) is 0 Å². The third-order valence-corrected chi connectivity index (χ3v) is 2.31. The number of rotatable bonds is 3. The fourth-order valence-corrected chi connectivity index (χ4v) is 1.40. The molecule has 1 unspecified atom stereocenters. The zero-order chi connectivity index (χ0) is 14.8. The molecular formula is C11H8F6O2. The molecule has 1 atom stereocenters. The highest BCUT2D eigenvalue weighted by Gasteiger charge is 2.37. The third kappa shape index (κ3) is 3.95. The van der Waals surface area contributed by atoms with Gasteiger partial charge in [-0.2, -0.15) is 26.3 Å². The fourth-order valence-electron chi connectivity index (χ4n) is 1.40. The van der Waals surface area contributed by atoms with E-state index in [1.165, 1.54) is 0 Å². The predicted molar refractivity (Wildman–Crippen MR) is 52.1 cm³/mol. The van der Waals surface area contributed by atoms with Crippen LogP contribution < -0.4 is 0 Å². The monoisotopic (exact) mass is 286 g/mol. The lowest BCUT2D eigenvalue weighted by Gasteiger charge is -2.16. The molecule has 0 amide bonds. The fraction of sp³-hybridized carbons (Fsp3) is 0.364. The van der Waals surface area contributed by atoms with Crippen molar-refractivity contribution in [3.63, 3.8) is 0 Å². The van der Waals surface area contributed by atoms with Crippen LogP contribution >= 0.6 is 0 Å². The summed E-state index contributed by atoms with van der Waals surface area (Å²) >= 11 is 0. The summed E-state index contributed by atoms with van der Waals surface area (Å²) in [5.41, 5.74) is -3.65. The minimum Gasteiger partial charge on any atom is -0.388 e. The molecule has 0 aliphatic carbocycles. The molecule has 0 fully saturated rings. The maximum absolute atomic E-state index is 12.5. The van der Waals surface area contributed by atoms with Crippen LogP contribution in [0.4, 0.5) is 26.3 Å². The van der Waals surface area contributed by atoms with Crippen LogP contribution in [-0.2, 0) is 17.1 Å². The van der Waals surface area contributed by atoms with Crippen LogP contribution in [0.2, 0.25) is 0 Å². The molecular weight excluding hydrogens is 278 g/mol. The molecule has 8 heteroatoms. The highest BCUT2D eigenvalue weighted by Crippen LogP contribution is 2.37. The summed E-state index contributed by atoms with van der Waals surface area (Å²) in [7, 11) is 0. The van der Waals surface area contributed by atoms with Gasteiger partial charge in [-0.3, -0.25) is 0 Å². The average molecular weight is 286 g/mol. The number of carbonyl (C=O) groups excluding carboxylic acids is 1. The molecule has 0 spiro atoms. The minimum atomic E-state index is -4.98. The minimum absolute atomic E-state index is 0.0445. The largest absolute Gasteiger partial charge is 0.416 e. The molecule has 0 saturated carbocycles. The van der Waals surface area contributed by atoms with Crippen molar-refractivity contribution in [2.75, 3.05) is 0 Å². The molecule has 0 aromatic heterocycles. The first-order valence-corrected chi connectivity index (χ1v) is 4.97. The number of hydrogen-bond acceptors (Lipinski definition) is 2. The summed E-state index contributed by atoms with van der Waals surface area (Å²) in [6, 6.07) is 0.740. The number of alkyl halides is 6. The van der Waals surface area contributed by atoms with Crippen molar-refractivity contribution in [2.24, 2.45) is 0 Å². The maximum Gasteiger partial charge on any atom is 0.416 e. The zero-order valence-corrected chi connectivity index (χ0v) is 9.22. The van der Waals surface area contributed by atoms with Gasteiger partial charge in [0.05, 0.1) is 17.2 Å². The SMILES string of the molecule is O=CCC(O)c1cc(C(F)(F)F)cc(C(F)(F)F)c1. The molecule has 0 aliphatic rings. The number of aliphatic hydroxyl groups excluding tert-OH is 1. The van der Waals surface area contributed by atoms with E-state index in [4.69, 9.17) is 0 Å². The highest BCUT2D eigenvalue weighted by molar-refractivity contribution is 5.51. The molecule has 1 rings (SSSR count). The Morgan fingerprint density at radius 2 is 1.42 bits per heavy atom. The molecule has 2 nitrogen and oxygen atoms in total. The molecule has 0 heterocycles. The number of carbonyl (C=O) groups is 1. The van der Waals surface area contributed by atoms with Gasteiger partial charge in [0.2, 0.25) is 0 Å². The molecule has 106 valence electrons. The Morgan fingerprint density at radius 1 is 1.00 bits per heavy atom. The Morgan fingerprint density at radius 3 is 1.74 bits per heavy atom. The second kappa shape index (κ2) is 5.20. The van der Waals surface area contributed by atoms with Gasteiger partial charge in [-0.25, -0.2) is 0 Å². The van der Waals surface area contributed by atoms with E-state index in [0.29, 0.717) is 12.1 Å². The first-order chi connectivity index (χ1) is 8.55. The van der Waals surface area contributed by atoms with E-state index in [0.717, 1.165) is 0 Å². The van der Waals surface area contributed by atoms with E-state index >= 15 is 0 Å². The van der Waals surface area contributed by atoms with Crippen molar-refractivity contribution >= 4 is 6.29 Å². The molecule has 0 bridgehead atoms. The standard InChI is InChI=1S/C11H8F6O2/c12-10(13,14)7-3-6(9(19)1-2-18)4-8(5-7)11(15,16)17/h2-5,9,19H,1H2. The molecule has 0 saturated heterocycles. The van der Waals surface area contributed by atoms with Crippen LogP contribution in [-0.4, -0.2) is 11.4 Å². The van der Waals surface area contributed by atoms with Crippen molar-refractivity contribution in [3.05, 3.63) is 34.9 Å². The molecule has 0 aliphatic heterocycles. The van der Waals surface area contributed by atoms with Gasteiger partial charge in [-0.15, -0.1) is 0 Å². The second-order valence-corrected chi connectivity index (χ2v) is 3.76. The van der Waals surface area contributed by atoms with Gasteiger partial charge in [-0.05, 0) is 23.8 Å². The average Bonchev–Trinajstić information content (AvgIpc) is 2.26. The number of halogens is 6. The lowest BCUT2D eigenvalue weighted by Crippen LogP contribution is -2.13. The topological polar surface area (TPSA) is 37.3 Å². The normalized spacial score (nSPS) is 14.3.